The average Bonchev–Trinajstić information content (AvgIpc) is 2.33. The summed E-state index contributed by atoms with van der Waals surface area (Å²) in [7, 11) is 0. The van der Waals surface area contributed by atoms with E-state index in [1.54, 1.807) is 18.3 Å². The van der Waals surface area contributed by atoms with Gasteiger partial charge in [0.2, 0.25) is 0 Å². The van der Waals surface area contributed by atoms with Gasteiger partial charge in [-0.05, 0) is 28.1 Å². The van der Waals surface area contributed by atoms with E-state index < -0.39 is 12.0 Å². The van der Waals surface area contributed by atoms with Crippen LogP contribution in [-0.4, -0.2) is 47.3 Å². The number of ether oxygens (including phenoxy) is 1. The molecule has 1 aliphatic rings. The summed E-state index contributed by atoms with van der Waals surface area (Å²) >= 11 is 3.28. The maximum absolute atomic E-state index is 11.3. The van der Waals surface area contributed by atoms with Gasteiger partial charge in [-0.2, -0.15) is 0 Å². The summed E-state index contributed by atoms with van der Waals surface area (Å²) in [6, 6.07) is 2.85. The summed E-state index contributed by atoms with van der Waals surface area (Å²) < 4.78 is 6.06. The molecule has 1 fully saturated rings. The van der Waals surface area contributed by atoms with E-state index in [9.17, 15) is 9.90 Å². The Kier molecular flexibility index (Phi) is 4.09. The molecule has 2 heterocycles. The van der Waals surface area contributed by atoms with Gasteiger partial charge < -0.3 is 9.84 Å². The van der Waals surface area contributed by atoms with Crippen LogP contribution in [0.25, 0.3) is 0 Å². The number of aliphatic carboxylic acids is 1. The van der Waals surface area contributed by atoms with Crippen LogP contribution in [0.1, 0.15) is 11.7 Å². The fraction of sp³-hybridized carbons (Fsp3) is 0.455. The molecule has 17 heavy (non-hydrogen) atoms. The molecule has 1 aromatic heterocycles. The molecule has 5 nitrogen and oxygen atoms in total. The summed E-state index contributed by atoms with van der Waals surface area (Å²) in [4.78, 5) is 17.4. The Morgan fingerprint density at radius 3 is 2.71 bits per heavy atom. The zero-order valence-corrected chi connectivity index (χ0v) is 10.8. The normalized spacial score (nSPS) is 18.9. The molecule has 92 valence electrons. The Morgan fingerprint density at radius 1 is 1.47 bits per heavy atom. The molecule has 0 bridgehead atoms. The van der Waals surface area contributed by atoms with E-state index in [0.29, 0.717) is 32.0 Å². The maximum Gasteiger partial charge on any atom is 0.327 e. The van der Waals surface area contributed by atoms with Gasteiger partial charge in [-0.25, -0.2) is 0 Å². The maximum atomic E-state index is 11.3. The third-order valence-electron chi connectivity index (χ3n) is 2.68. The number of carboxylic acid groups (broad SMARTS) is 1. The standard InChI is InChI=1S/C11H13BrN2O3/c12-8-1-2-9(13-7-8)10(11(15)16)14-3-5-17-6-4-14/h1-2,7,10H,3-6H2,(H,15,16). The summed E-state index contributed by atoms with van der Waals surface area (Å²) in [5.74, 6) is -0.873. The molecule has 0 aromatic carbocycles. The van der Waals surface area contributed by atoms with Crippen LogP contribution in [0.4, 0.5) is 0 Å². The number of carboxylic acids is 1. The van der Waals surface area contributed by atoms with Crippen molar-refractivity contribution in [1.29, 1.82) is 0 Å². The van der Waals surface area contributed by atoms with Gasteiger partial charge >= 0.3 is 5.97 Å². The molecular weight excluding hydrogens is 288 g/mol. The minimum absolute atomic E-state index is 0.558. The van der Waals surface area contributed by atoms with Gasteiger partial charge in [-0.1, -0.05) is 0 Å². The number of hydrogen-bond acceptors (Lipinski definition) is 4. The molecule has 1 unspecified atom stereocenters. The van der Waals surface area contributed by atoms with Crippen molar-refractivity contribution in [2.45, 2.75) is 6.04 Å². The lowest BCUT2D eigenvalue weighted by molar-refractivity contribution is -0.145. The Labute approximate surface area is 108 Å². The van der Waals surface area contributed by atoms with Crippen LogP contribution in [0, 0.1) is 0 Å². The lowest BCUT2D eigenvalue weighted by Crippen LogP contribution is -2.42. The van der Waals surface area contributed by atoms with Crippen LogP contribution in [-0.2, 0) is 9.53 Å². The molecule has 1 aliphatic heterocycles. The van der Waals surface area contributed by atoms with Gasteiger partial charge in [0, 0.05) is 23.8 Å². The Morgan fingerprint density at radius 2 is 2.18 bits per heavy atom. The third kappa shape index (κ3) is 3.02. The third-order valence-corrected chi connectivity index (χ3v) is 3.14. The zero-order chi connectivity index (χ0) is 12.3. The van der Waals surface area contributed by atoms with E-state index in [1.165, 1.54) is 0 Å². The van der Waals surface area contributed by atoms with Crippen molar-refractivity contribution in [3.63, 3.8) is 0 Å². The molecule has 0 spiro atoms. The average molecular weight is 301 g/mol. The number of pyridine rings is 1. The summed E-state index contributed by atoms with van der Waals surface area (Å²) in [6.45, 7) is 2.38. The molecule has 0 amide bonds. The van der Waals surface area contributed by atoms with Crippen molar-refractivity contribution in [2.24, 2.45) is 0 Å². The zero-order valence-electron chi connectivity index (χ0n) is 9.17. The first kappa shape index (κ1) is 12.5. The molecule has 1 atom stereocenters. The highest BCUT2D eigenvalue weighted by atomic mass is 79.9. The van der Waals surface area contributed by atoms with Crippen molar-refractivity contribution < 1.29 is 14.6 Å². The number of halogens is 1. The lowest BCUT2D eigenvalue weighted by atomic mass is 10.1. The number of carbonyl (C=O) groups is 1. The van der Waals surface area contributed by atoms with E-state index in [-0.39, 0.29) is 0 Å². The highest BCUT2D eigenvalue weighted by molar-refractivity contribution is 9.10. The Balaban J connectivity index is 2.21. The van der Waals surface area contributed by atoms with Gasteiger partial charge in [0.15, 0.2) is 6.04 Å². The highest BCUT2D eigenvalue weighted by Crippen LogP contribution is 2.21. The summed E-state index contributed by atoms with van der Waals surface area (Å²) in [5.41, 5.74) is 0.558. The topological polar surface area (TPSA) is 62.7 Å². The first-order valence-electron chi connectivity index (χ1n) is 5.34. The van der Waals surface area contributed by atoms with Crippen LogP contribution >= 0.6 is 15.9 Å². The second-order valence-corrected chi connectivity index (χ2v) is 4.71. The predicted molar refractivity (Wildman–Crippen MR) is 64.7 cm³/mol. The highest BCUT2D eigenvalue weighted by Gasteiger charge is 2.29. The number of morpholine rings is 1. The monoisotopic (exact) mass is 300 g/mol. The van der Waals surface area contributed by atoms with E-state index >= 15 is 0 Å². The molecule has 0 radical (unpaired) electrons. The summed E-state index contributed by atoms with van der Waals surface area (Å²) in [6.07, 6.45) is 1.62. The van der Waals surface area contributed by atoms with Gasteiger partial charge in [0.25, 0.3) is 0 Å². The van der Waals surface area contributed by atoms with Crippen molar-refractivity contribution in [3.8, 4) is 0 Å². The predicted octanol–water partition coefficient (Wildman–Crippen LogP) is 1.30. The van der Waals surface area contributed by atoms with Crippen LogP contribution in [0.15, 0.2) is 22.8 Å². The molecule has 1 saturated heterocycles. The molecule has 0 aliphatic carbocycles. The fourth-order valence-electron chi connectivity index (χ4n) is 1.85. The van der Waals surface area contributed by atoms with E-state index in [2.05, 4.69) is 20.9 Å². The van der Waals surface area contributed by atoms with Crippen molar-refractivity contribution in [3.05, 3.63) is 28.5 Å². The van der Waals surface area contributed by atoms with E-state index in [4.69, 9.17) is 4.74 Å². The van der Waals surface area contributed by atoms with Crippen LogP contribution < -0.4 is 0 Å². The largest absolute Gasteiger partial charge is 0.480 e. The van der Waals surface area contributed by atoms with Crippen molar-refractivity contribution in [2.75, 3.05) is 26.3 Å². The van der Waals surface area contributed by atoms with Gasteiger partial charge in [-0.3, -0.25) is 14.7 Å². The Bertz CT molecular complexity index is 390. The first-order valence-corrected chi connectivity index (χ1v) is 6.14. The number of nitrogens with zero attached hydrogens (tertiary/aromatic N) is 2. The SMILES string of the molecule is O=C(O)C(c1ccc(Br)cn1)N1CCOCC1. The molecular formula is C11H13BrN2O3. The molecule has 1 aromatic rings. The second-order valence-electron chi connectivity index (χ2n) is 3.79. The van der Waals surface area contributed by atoms with E-state index in [1.807, 2.05) is 4.90 Å². The molecule has 1 N–H and O–H groups in total. The van der Waals surface area contributed by atoms with Crippen LogP contribution in [0.3, 0.4) is 0 Å². The van der Waals surface area contributed by atoms with Gasteiger partial charge in [0.05, 0.1) is 18.9 Å². The number of aromatic nitrogens is 1. The number of rotatable bonds is 3. The van der Waals surface area contributed by atoms with Gasteiger partial charge in [-0.15, -0.1) is 0 Å². The minimum atomic E-state index is -0.873. The van der Waals surface area contributed by atoms with Crippen molar-refractivity contribution >= 4 is 21.9 Å². The van der Waals surface area contributed by atoms with Crippen LogP contribution in [0.2, 0.25) is 0 Å². The lowest BCUT2D eigenvalue weighted by Gasteiger charge is -2.31. The molecule has 0 saturated carbocycles. The quantitative estimate of drug-likeness (QED) is 0.912. The van der Waals surface area contributed by atoms with Crippen LogP contribution in [0.5, 0.6) is 0 Å². The van der Waals surface area contributed by atoms with Gasteiger partial charge in [0.1, 0.15) is 0 Å². The minimum Gasteiger partial charge on any atom is -0.480 e. The fourth-order valence-corrected chi connectivity index (χ4v) is 2.09. The number of hydrogen-bond donors (Lipinski definition) is 1. The smallest absolute Gasteiger partial charge is 0.327 e. The molecule has 2 rings (SSSR count). The van der Waals surface area contributed by atoms with Crippen molar-refractivity contribution in [1.82, 2.24) is 9.88 Å². The summed E-state index contributed by atoms with van der Waals surface area (Å²) in [5, 5.41) is 9.31. The second kappa shape index (κ2) is 5.57. The Hall–Kier alpha value is -0.980. The molecule has 6 heteroatoms. The van der Waals surface area contributed by atoms with E-state index in [0.717, 1.165) is 4.47 Å². The first-order chi connectivity index (χ1) is 8.18.